The molecule has 26 heavy (non-hydrogen) atoms. The molecule has 0 saturated heterocycles. The van der Waals surface area contributed by atoms with Gasteiger partial charge in [0.05, 0.1) is 24.6 Å². The maximum atomic E-state index is 12.4. The largest absolute Gasteiger partial charge is 0.489 e. The number of carbonyl (C=O) groups is 1. The first-order valence-electron chi connectivity index (χ1n) is 8.15. The molecule has 7 nitrogen and oxygen atoms in total. The Morgan fingerprint density at radius 3 is 2.58 bits per heavy atom. The Hall–Kier alpha value is -2.45. The second-order valence-corrected chi connectivity index (χ2v) is 8.09. The Balaban J connectivity index is 2.11. The van der Waals surface area contributed by atoms with E-state index in [1.807, 2.05) is 13.8 Å². The van der Waals surface area contributed by atoms with Crippen LogP contribution in [0.25, 0.3) is 0 Å². The number of anilines is 1. The van der Waals surface area contributed by atoms with E-state index in [1.165, 1.54) is 0 Å². The standard InChI is InChI=1S/C18H23N3O4S/c1-14(2)25-17-9-5-4-8-16(17)20-18(22)13-21(26(3,23)24)12-15-7-6-10-19-11-15/h4-11,14H,12-13H2,1-3H3,(H,20,22). The first-order valence-corrected chi connectivity index (χ1v) is 10.00. The maximum Gasteiger partial charge on any atom is 0.239 e. The molecule has 1 N–H and O–H groups in total. The lowest BCUT2D eigenvalue weighted by Gasteiger charge is -2.20. The highest BCUT2D eigenvalue weighted by atomic mass is 32.2. The van der Waals surface area contributed by atoms with Gasteiger partial charge in [-0.1, -0.05) is 18.2 Å². The Bertz CT molecular complexity index is 839. The number of ether oxygens (including phenoxy) is 1. The molecule has 1 heterocycles. The predicted molar refractivity (Wildman–Crippen MR) is 100 cm³/mol. The minimum atomic E-state index is -3.57. The van der Waals surface area contributed by atoms with Crippen LogP contribution in [-0.4, -0.2) is 42.5 Å². The zero-order valence-corrected chi connectivity index (χ0v) is 15.9. The van der Waals surface area contributed by atoms with Crippen LogP contribution in [0, 0.1) is 0 Å². The number of pyridine rings is 1. The molecule has 0 radical (unpaired) electrons. The van der Waals surface area contributed by atoms with Crippen LogP contribution < -0.4 is 10.1 Å². The Morgan fingerprint density at radius 2 is 1.96 bits per heavy atom. The Kier molecular flexibility index (Phi) is 6.70. The summed E-state index contributed by atoms with van der Waals surface area (Å²) in [5.74, 6) is 0.0909. The molecule has 2 aromatic rings. The van der Waals surface area contributed by atoms with Crippen molar-refractivity contribution >= 4 is 21.6 Å². The predicted octanol–water partition coefficient (Wildman–Crippen LogP) is 2.27. The number of aromatic nitrogens is 1. The molecule has 8 heteroatoms. The van der Waals surface area contributed by atoms with Crippen LogP contribution in [0.2, 0.25) is 0 Å². The van der Waals surface area contributed by atoms with E-state index in [2.05, 4.69) is 10.3 Å². The minimum absolute atomic E-state index is 0.0499. The zero-order valence-electron chi connectivity index (χ0n) is 15.0. The molecule has 2 rings (SSSR count). The third-order valence-corrected chi connectivity index (χ3v) is 4.59. The third-order valence-electron chi connectivity index (χ3n) is 3.39. The van der Waals surface area contributed by atoms with Gasteiger partial charge in [-0.15, -0.1) is 0 Å². The summed E-state index contributed by atoms with van der Waals surface area (Å²) in [6.45, 7) is 3.55. The second kappa shape index (κ2) is 8.77. The van der Waals surface area contributed by atoms with Gasteiger partial charge in [0.1, 0.15) is 5.75 Å². The number of amides is 1. The Labute approximate surface area is 154 Å². The quantitative estimate of drug-likeness (QED) is 0.762. The number of nitrogens with one attached hydrogen (secondary N) is 1. The highest BCUT2D eigenvalue weighted by Gasteiger charge is 2.21. The van der Waals surface area contributed by atoms with Gasteiger partial charge < -0.3 is 10.1 Å². The minimum Gasteiger partial charge on any atom is -0.489 e. The van der Waals surface area contributed by atoms with Crippen LogP contribution >= 0.6 is 0 Å². The summed E-state index contributed by atoms with van der Waals surface area (Å²) in [6, 6.07) is 10.5. The van der Waals surface area contributed by atoms with Crippen LogP contribution in [0.15, 0.2) is 48.8 Å². The molecular formula is C18H23N3O4S. The molecule has 0 aliphatic carbocycles. The van der Waals surface area contributed by atoms with Gasteiger partial charge in [-0.25, -0.2) is 8.42 Å². The van der Waals surface area contributed by atoms with E-state index < -0.39 is 15.9 Å². The van der Waals surface area contributed by atoms with E-state index in [0.29, 0.717) is 17.0 Å². The molecule has 0 unspecified atom stereocenters. The maximum absolute atomic E-state index is 12.4. The van der Waals surface area contributed by atoms with Gasteiger partial charge in [-0.2, -0.15) is 4.31 Å². The number of para-hydroxylation sites is 2. The molecule has 0 bridgehead atoms. The van der Waals surface area contributed by atoms with Gasteiger partial charge in [-0.05, 0) is 37.6 Å². The summed E-state index contributed by atoms with van der Waals surface area (Å²) in [6.07, 6.45) is 4.20. The topological polar surface area (TPSA) is 88.6 Å². The van der Waals surface area contributed by atoms with Gasteiger partial charge in [0.15, 0.2) is 0 Å². The molecule has 0 saturated carbocycles. The third kappa shape index (κ3) is 6.12. The average molecular weight is 377 g/mol. The van der Waals surface area contributed by atoms with Crippen LogP contribution in [0.1, 0.15) is 19.4 Å². The summed E-state index contributed by atoms with van der Waals surface area (Å²) < 4.78 is 30.8. The number of carbonyl (C=O) groups excluding carboxylic acids is 1. The van der Waals surface area contributed by atoms with Gasteiger partial charge in [0, 0.05) is 18.9 Å². The van der Waals surface area contributed by atoms with E-state index in [4.69, 9.17) is 4.74 Å². The normalized spacial score (nSPS) is 11.6. The van der Waals surface area contributed by atoms with Crippen molar-refractivity contribution in [2.75, 3.05) is 18.1 Å². The van der Waals surface area contributed by atoms with Crippen LogP contribution in [0.4, 0.5) is 5.69 Å². The molecule has 140 valence electrons. The van der Waals surface area contributed by atoms with Gasteiger partial charge in [0.25, 0.3) is 0 Å². The SMILES string of the molecule is CC(C)Oc1ccccc1NC(=O)CN(Cc1cccnc1)S(C)(=O)=O. The molecular weight excluding hydrogens is 354 g/mol. The van der Waals surface area contributed by atoms with Gasteiger partial charge in [-0.3, -0.25) is 9.78 Å². The Morgan fingerprint density at radius 1 is 1.23 bits per heavy atom. The van der Waals surface area contributed by atoms with E-state index >= 15 is 0 Å². The van der Waals surface area contributed by atoms with Crippen molar-refractivity contribution in [3.8, 4) is 5.75 Å². The van der Waals surface area contributed by atoms with Crippen molar-refractivity contribution in [1.82, 2.24) is 9.29 Å². The molecule has 0 aliphatic rings. The summed E-state index contributed by atoms with van der Waals surface area (Å²) in [7, 11) is -3.57. The first kappa shape index (κ1) is 19.9. The molecule has 0 fully saturated rings. The summed E-state index contributed by atoms with van der Waals surface area (Å²) >= 11 is 0. The van der Waals surface area contributed by atoms with E-state index in [9.17, 15) is 13.2 Å². The monoisotopic (exact) mass is 377 g/mol. The molecule has 1 aromatic carbocycles. The zero-order chi connectivity index (χ0) is 19.2. The van der Waals surface area contributed by atoms with E-state index in [0.717, 1.165) is 10.6 Å². The van der Waals surface area contributed by atoms with Gasteiger partial charge >= 0.3 is 0 Å². The fraction of sp³-hybridized carbons (Fsp3) is 0.333. The van der Waals surface area contributed by atoms with E-state index in [-0.39, 0.29) is 19.2 Å². The van der Waals surface area contributed by atoms with Gasteiger partial charge in [0.2, 0.25) is 15.9 Å². The van der Waals surface area contributed by atoms with Crippen molar-refractivity contribution in [2.24, 2.45) is 0 Å². The number of hydrogen-bond donors (Lipinski definition) is 1. The molecule has 0 aliphatic heterocycles. The molecule has 0 atom stereocenters. The fourth-order valence-electron chi connectivity index (χ4n) is 2.26. The van der Waals surface area contributed by atoms with Crippen molar-refractivity contribution < 1.29 is 17.9 Å². The molecule has 1 aromatic heterocycles. The average Bonchev–Trinajstić information content (AvgIpc) is 2.56. The van der Waals surface area contributed by atoms with E-state index in [1.54, 1.807) is 48.8 Å². The number of benzene rings is 1. The number of hydrogen-bond acceptors (Lipinski definition) is 5. The fourth-order valence-corrected chi connectivity index (χ4v) is 3.00. The van der Waals surface area contributed by atoms with Crippen LogP contribution in [0.3, 0.4) is 0 Å². The van der Waals surface area contributed by atoms with Crippen molar-refractivity contribution in [3.63, 3.8) is 0 Å². The lowest BCUT2D eigenvalue weighted by Crippen LogP contribution is -2.37. The van der Waals surface area contributed by atoms with Crippen molar-refractivity contribution in [3.05, 3.63) is 54.4 Å². The second-order valence-electron chi connectivity index (χ2n) is 6.10. The summed E-state index contributed by atoms with van der Waals surface area (Å²) in [5.41, 5.74) is 1.20. The highest BCUT2D eigenvalue weighted by molar-refractivity contribution is 7.88. The number of nitrogens with zero attached hydrogens (tertiary/aromatic N) is 2. The number of rotatable bonds is 8. The number of sulfonamides is 1. The van der Waals surface area contributed by atoms with Crippen LogP contribution in [0.5, 0.6) is 5.75 Å². The van der Waals surface area contributed by atoms with Crippen LogP contribution in [-0.2, 0) is 21.4 Å². The lowest BCUT2D eigenvalue weighted by molar-refractivity contribution is -0.116. The smallest absolute Gasteiger partial charge is 0.239 e. The van der Waals surface area contributed by atoms with Crippen molar-refractivity contribution in [1.29, 1.82) is 0 Å². The highest BCUT2D eigenvalue weighted by Crippen LogP contribution is 2.24. The molecule has 1 amide bonds. The lowest BCUT2D eigenvalue weighted by atomic mass is 10.2. The summed E-state index contributed by atoms with van der Waals surface area (Å²) in [4.78, 5) is 16.4. The summed E-state index contributed by atoms with van der Waals surface area (Å²) in [5, 5.41) is 2.72. The molecule has 0 spiro atoms. The van der Waals surface area contributed by atoms with Crippen molar-refractivity contribution in [2.45, 2.75) is 26.5 Å². The first-order chi connectivity index (χ1) is 12.3.